The monoisotopic (exact) mass is 227 g/mol. The van der Waals surface area contributed by atoms with Crippen molar-refractivity contribution in [3.8, 4) is 0 Å². The quantitative estimate of drug-likeness (QED) is 0.752. The molecule has 0 aromatic carbocycles. The molecule has 96 valence electrons. The first-order valence-electron chi connectivity index (χ1n) is 6.91. The number of rotatable bonds is 6. The molecule has 3 atom stereocenters. The van der Waals surface area contributed by atoms with Gasteiger partial charge in [-0.15, -0.1) is 0 Å². The van der Waals surface area contributed by atoms with Crippen LogP contribution in [0.1, 0.15) is 53.4 Å². The van der Waals surface area contributed by atoms with Crippen LogP contribution in [0.4, 0.5) is 0 Å². The highest BCUT2D eigenvalue weighted by atomic mass is 16.5. The van der Waals surface area contributed by atoms with Gasteiger partial charge in [0.15, 0.2) is 0 Å². The van der Waals surface area contributed by atoms with Crippen molar-refractivity contribution in [1.82, 2.24) is 5.32 Å². The van der Waals surface area contributed by atoms with Gasteiger partial charge in [-0.3, -0.25) is 0 Å². The van der Waals surface area contributed by atoms with E-state index >= 15 is 0 Å². The summed E-state index contributed by atoms with van der Waals surface area (Å²) in [6.07, 6.45) is 5.49. The van der Waals surface area contributed by atoms with Crippen LogP contribution < -0.4 is 5.32 Å². The van der Waals surface area contributed by atoms with Crippen LogP contribution >= 0.6 is 0 Å². The van der Waals surface area contributed by atoms with E-state index in [-0.39, 0.29) is 0 Å². The Balaban J connectivity index is 2.10. The molecule has 0 aromatic rings. The molecule has 0 aromatic heterocycles. The summed E-state index contributed by atoms with van der Waals surface area (Å²) in [5.74, 6) is 1.54. The molecular formula is C14H29NO. The van der Waals surface area contributed by atoms with E-state index in [1.54, 1.807) is 0 Å². The van der Waals surface area contributed by atoms with Gasteiger partial charge in [0.05, 0.1) is 6.61 Å². The first kappa shape index (κ1) is 14.0. The smallest absolute Gasteiger partial charge is 0.0617 e. The normalized spacial score (nSPS) is 28.3. The third kappa shape index (κ3) is 5.86. The van der Waals surface area contributed by atoms with Gasteiger partial charge < -0.3 is 10.1 Å². The maximum Gasteiger partial charge on any atom is 0.0617 e. The zero-order valence-electron chi connectivity index (χ0n) is 11.5. The number of hydrogen-bond acceptors (Lipinski definition) is 2. The molecule has 1 aliphatic rings. The number of ether oxygens (including phenoxy) is 1. The lowest BCUT2D eigenvalue weighted by atomic mass is 9.87. The fraction of sp³-hybridized carbons (Fsp3) is 1.00. The Hall–Kier alpha value is -0.0800. The van der Waals surface area contributed by atoms with Gasteiger partial charge in [0.25, 0.3) is 0 Å². The van der Waals surface area contributed by atoms with Crippen molar-refractivity contribution < 1.29 is 4.74 Å². The van der Waals surface area contributed by atoms with Gasteiger partial charge in [-0.2, -0.15) is 0 Å². The van der Waals surface area contributed by atoms with Crippen LogP contribution in [0.3, 0.4) is 0 Å². The van der Waals surface area contributed by atoms with Crippen molar-refractivity contribution in [2.45, 2.75) is 65.5 Å². The number of hydrogen-bond donors (Lipinski definition) is 1. The van der Waals surface area contributed by atoms with Gasteiger partial charge in [-0.1, -0.05) is 33.6 Å². The predicted octanol–water partition coefficient (Wildman–Crippen LogP) is 3.22. The minimum Gasteiger partial charge on any atom is -0.380 e. The molecule has 16 heavy (non-hydrogen) atoms. The second-order valence-electron chi connectivity index (χ2n) is 5.97. The van der Waals surface area contributed by atoms with Crippen LogP contribution in [-0.2, 0) is 4.74 Å². The largest absolute Gasteiger partial charge is 0.380 e. The summed E-state index contributed by atoms with van der Waals surface area (Å²) in [4.78, 5) is 0. The van der Waals surface area contributed by atoms with Crippen LogP contribution in [0, 0.1) is 11.8 Å². The van der Waals surface area contributed by atoms with E-state index in [4.69, 9.17) is 4.74 Å². The molecule has 1 fully saturated rings. The van der Waals surface area contributed by atoms with Crippen LogP contribution in [0.15, 0.2) is 0 Å². The van der Waals surface area contributed by atoms with Crippen molar-refractivity contribution in [2.24, 2.45) is 11.8 Å². The molecule has 1 rings (SSSR count). The van der Waals surface area contributed by atoms with E-state index in [1.807, 2.05) is 0 Å². The van der Waals surface area contributed by atoms with E-state index in [1.165, 1.54) is 25.7 Å². The molecule has 1 N–H and O–H groups in total. The molecule has 1 saturated carbocycles. The Kier molecular flexibility index (Phi) is 6.37. The molecule has 0 heterocycles. The molecule has 0 saturated heterocycles. The zero-order chi connectivity index (χ0) is 12.0. The fourth-order valence-electron chi connectivity index (χ4n) is 2.52. The van der Waals surface area contributed by atoms with Gasteiger partial charge in [0.2, 0.25) is 0 Å². The maximum atomic E-state index is 5.66. The fourth-order valence-corrected chi connectivity index (χ4v) is 2.52. The lowest BCUT2D eigenvalue weighted by Crippen LogP contribution is -2.41. The first-order valence-corrected chi connectivity index (χ1v) is 6.91. The van der Waals surface area contributed by atoms with Crippen molar-refractivity contribution in [3.63, 3.8) is 0 Å². The molecule has 0 radical (unpaired) electrons. The molecular weight excluding hydrogens is 198 g/mol. The lowest BCUT2D eigenvalue weighted by molar-refractivity contribution is 0.0881. The van der Waals surface area contributed by atoms with Gasteiger partial charge >= 0.3 is 0 Å². The molecule has 2 heteroatoms. The molecule has 0 aliphatic heterocycles. The molecule has 0 spiro atoms. The van der Waals surface area contributed by atoms with Gasteiger partial charge in [0.1, 0.15) is 0 Å². The summed E-state index contributed by atoms with van der Waals surface area (Å²) in [6, 6.07) is 1.22. The van der Waals surface area contributed by atoms with Crippen LogP contribution in [-0.4, -0.2) is 25.3 Å². The SMILES string of the molecule is CC(C)COCC(C)NC1CCCC(C)C1. The lowest BCUT2D eigenvalue weighted by Gasteiger charge is -2.30. The summed E-state index contributed by atoms with van der Waals surface area (Å²) in [5, 5.41) is 3.70. The van der Waals surface area contributed by atoms with Gasteiger partial charge in [-0.25, -0.2) is 0 Å². The van der Waals surface area contributed by atoms with Crippen molar-refractivity contribution in [3.05, 3.63) is 0 Å². The Bertz CT molecular complexity index is 182. The van der Waals surface area contributed by atoms with E-state index in [0.717, 1.165) is 25.2 Å². The molecule has 1 aliphatic carbocycles. The highest BCUT2D eigenvalue weighted by Crippen LogP contribution is 2.23. The molecule has 2 nitrogen and oxygen atoms in total. The van der Waals surface area contributed by atoms with E-state index in [9.17, 15) is 0 Å². The zero-order valence-corrected chi connectivity index (χ0v) is 11.5. The van der Waals surface area contributed by atoms with Crippen LogP contribution in [0.2, 0.25) is 0 Å². The number of nitrogens with one attached hydrogen (secondary N) is 1. The second kappa shape index (κ2) is 7.29. The second-order valence-corrected chi connectivity index (χ2v) is 5.97. The molecule has 3 unspecified atom stereocenters. The highest BCUT2D eigenvalue weighted by Gasteiger charge is 2.19. The highest BCUT2D eigenvalue weighted by molar-refractivity contribution is 4.78. The summed E-state index contributed by atoms with van der Waals surface area (Å²) in [5.41, 5.74) is 0. The van der Waals surface area contributed by atoms with E-state index in [0.29, 0.717) is 12.0 Å². The Morgan fingerprint density at radius 1 is 1.19 bits per heavy atom. The van der Waals surface area contributed by atoms with Gasteiger partial charge in [0, 0.05) is 18.7 Å². The van der Waals surface area contributed by atoms with Crippen LogP contribution in [0.5, 0.6) is 0 Å². The Morgan fingerprint density at radius 2 is 1.94 bits per heavy atom. The van der Waals surface area contributed by atoms with Crippen molar-refractivity contribution in [1.29, 1.82) is 0 Å². The third-order valence-electron chi connectivity index (χ3n) is 3.28. The molecule has 0 bridgehead atoms. The molecule has 0 amide bonds. The third-order valence-corrected chi connectivity index (χ3v) is 3.28. The average molecular weight is 227 g/mol. The topological polar surface area (TPSA) is 21.3 Å². The minimum atomic E-state index is 0.494. The predicted molar refractivity (Wildman–Crippen MR) is 69.7 cm³/mol. The maximum absolute atomic E-state index is 5.66. The summed E-state index contributed by atoms with van der Waals surface area (Å²) < 4.78 is 5.66. The Morgan fingerprint density at radius 3 is 2.56 bits per heavy atom. The van der Waals surface area contributed by atoms with Crippen molar-refractivity contribution >= 4 is 0 Å². The summed E-state index contributed by atoms with van der Waals surface area (Å²) >= 11 is 0. The summed E-state index contributed by atoms with van der Waals surface area (Å²) in [6.45, 7) is 10.7. The summed E-state index contributed by atoms with van der Waals surface area (Å²) in [7, 11) is 0. The Labute approximate surface area is 101 Å². The standard InChI is InChI=1S/C14H29NO/c1-11(2)9-16-10-13(4)15-14-7-5-6-12(3)8-14/h11-15H,5-10H2,1-4H3. The van der Waals surface area contributed by atoms with Crippen molar-refractivity contribution in [2.75, 3.05) is 13.2 Å². The first-order chi connectivity index (χ1) is 7.58. The average Bonchev–Trinajstić information content (AvgIpc) is 2.16. The minimum absolute atomic E-state index is 0.494. The van der Waals surface area contributed by atoms with E-state index < -0.39 is 0 Å². The van der Waals surface area contributed by atoms with Gasteiger partial charge in [-0.05, 0) is 31.6 Å². The van der Waals surface area contributed by atoms with E-state index in [2.05, 4.69) is 33.0 Å². The van der Waals surface area contributed by atoms with Crippen LogP contribution in [0.25, 0.3) is 0 Å².